The van der Waals surface area contributed by atoms with Crippen LogP contribution in [-0.2, 0) is 4.79 Å². The third kappa shape index (κ3) is 3.26. The molecule has 0 saturated heterocycles. The summed E-state index contributed by atoms with van der Waals surface area (Å²) in [5, 5.41) is 19.8. The molecule has 0 fully saturated rings. The summed E-state index contributed by atoms with van der Waals surface area (Å²) < 4.78 is 0. The largest absolute Gasteiger partial charge is 0.479 e. The number of aliphatic carboxylic acids is 1. The minimum absolute atomic E-state index is 0.206. The number of H-pyrrole nitrogens is 1. The molecule has 7 heteroatoms. The van der Waals surface area contributed by atoms with Gasteiger partial charge in [0.15, 0.2) is 6.10 Å². The maximum Gasteiger partial charge on any atom is 0.334 e. The summed E-state index contributed by atoms with van der Waals surface area (Å²) in [7, 11) is 0. The van der Waals surface area contributed by atoms with Crippen LogP contribution < -0.4 is 5.32 Å². The van der Waals surface area contributed by atoms with Crippen LogP contribution >= 0.6 is 11.6 Å². The highest BCUT2D eigenvalue weighted by atomic mass is 35.5. The number of carbonyl (C=O) groups is 2. The van der Waals surface area contributed by atoms with Crippen LogP contribution in [0.3, 0.4) is 0 Å². The monoisotopic (exact) mass is 232 g/mol. The quantitative estimate of drug-likeness (QED) is 0.579. The topological polar surface area (TPSA) is 102 Å². The number of aromatic amines is 1. The fraction of sp³-hybridized carbons (Fsp3) is 0.250. The number of carboxylic acid groups (broad SMARTS) is 1. The molecule has 1 aromatic heterocycles. The average molecular weight is 233 g/mol. The van der Waals surface area contributed by atoms with Crippen molar-refractivity contribution in [3.05, 3.63) is 23.0 Å². The molecule has 1 unspecified atom stereocenters. The molecule has 0 bridgehead atoms. The minimum atomic E-state index is -1.61. The molecule has 1 atom stereocenters. The molecule has 1 amide bonds. The molecule has 0 aliphatic carbocycles. The van der Waals surface area contributed by atoms with E-state index in [4.69, 9.17) is 21.8 Å². The van der Waals surface area contributed by atoms with Crippen LogP contribution in [0.2, 0.25) is 5.02 Å². The van der Waals surface area contributed by atoms with Gasteiger partial charge in [0.1, 0.15) is 5.69 Å². The second-order valence-corrected chi connectivity index (χ2v) is 3.23. The smallest absolute Gasteiger partial charge is 0.334 e. The standard InChI is InChI=1S/C8H9ClN2O4/c9-4-1-5(10-2-4)7(13)11-3-6(12)8(14)15/h1-2,6,10,12H,3H2,(H,11,13)(H,14,15). The maximum absolute atomic E-state index is 11.3. The SMILES string of the molecule is O=C(NCC(O)C(=O)O)c1cc(Cl)c[nH]1. The molecule has 1 rings (SSSR count). The molecule has 0 spiro atoms. The lowest BCUT2D eigenvalue weighted by atomic mass is 10.3. The molecular weight excluding hydrogens is 224 g/mol. The fourth-order valence-electron chi connectivity index (χ4n) is 0.871. The summed E-state index contributed by atoms with van der Waals surface area (Å²) in [6.07, 6.45) is -0.191. The number of aromatic nitrogens is 1. The normalized spacial score (nSPS) is 12.1. The highest BCUT2D eigenvalue weighted by Gasteiger charge is 2.15. The van der Waals surface area contributed by atoms with E-state index in [0.717, 1.165) is 0 Å². The van der Waals surface area contributed by atoms with Gasteiger partial charge < -0.3 is 20.5 Å². The number of halogens is 1. The molecule has 6 nitrogen and oxygen atoms in total. The summed E-state index contributed by atoms with van der Waals surface area (Å²) in [4.78, 5) is 24.1. The molecule has 0 saturated carbocycles. The van der Waals surface area contributed by atoms with Crippen LogP contribution in [0.5, 0.6) is 0 Å². The first-order valence-electron chi connectivity index (χ1n) is 4.03. The van der Waals surface area contributed by atoms with Crippen LogP contribution in [0, 0.1) is 0 Å². The van der Waals surface area contributed by atoms with E-state index in [1.165, 1.54) is 12.3 Å². The molecule has 4 N–H and O–H groups in total. The van der Waals surface area contributed by atoms with Crippen molar-refractivity contribution >= 4 is 23.5 Å². The van der Waals surface area contributed by atoms with Gasteiger partial charge in [-0.05, 0) is 6.07 Å². The zero-order chi connectivity index (χ0) is 11.4. The number of carbonyl (C=O) groups excluding carboxylic acids is 1. The molecule has 82 valence electrons. The zero-order valence-electron chi connectivity index (χ0n) is 7.53. The third-order valence-corrected chi connectivity index (χ3v) is 1.85. The summed E-state index contributed by atoms with van der Waals surface area (Å²) in [6, 6.07) is 1.39. The minimum Gasteiger partial charge on any atom is -0.479 e. The van der Waals surface area contributed by atoms with Crippen molar-refractivity contribution in [1.29, 1.82) is 0 Å². The van der Waals surface area contributed by atoms with Gasteiger partial charge >= 0.3 is 5.97 Å². The Morgan fingerprint density at radius 3 is 2.73 bits per heavy atom. The number of aliphatic hydroxyl groups is 1. The van der Waals surface area contributed by atoms with Crippen LogP contribution in [0.25, 0.3) is 0 Å². The van der Waals surface area contributed by atoms with Gasteiger partial charge in [-0.1, -0.05) is 11.6 Å². The van der Waals surface area contributed by atoms with E-state index in [-0.39, 0.29) is 12.2 Å². The van der Waals surface area contributed by atoms with Crippen molar-refractivity contribution in [1.82, 2.24) is 10.3 Å². The van der Waals surface area contributed by atoms with Gasteiger partial charge in [0.2, 0.25) is 0 Å². The highest BCUT2D eigenvalue weighted by molar-refractivity contribution is 6.30. The van der Waals surface area contributed by atoms with E-state index in [1.807, 2.05) is 0 Å². The average Bonchev–Trinajstić information content (AvgIpc) is 2.60. The first-order chi connectivity index (χ1) is 7.00. The van der Waals surface area contributed by atoms with E-state index < -0.39 is 18.0 Å². The van der Waals surface area contributed by atoms with Crippen molar-refractivity contribution in [2.75, 3.05) is 6.54 Å². The highest BCUT2D eigenvalue weighted by Crippen LogP contribution is 2.08. The molecule has 1 aromatic rings. The second kappa shape index (κ2) is 4.81. The van der Waals surface area contributed by atoms with Gasteiger partial charge in [0.25, 0.3) is 5.91 Å². The summed E-state index contributed by atoms with van der Waals surface area (Å²) >= 11 is 5.56. The first-order valence-corrected chi connectivity index (χ1v) is 4.41. The Morgan fingerprint density at radius 1 is 1.60 bits per heavy atom. The van der Waals surface area contributed by atoms with Crippen LogP contribution in [0.15, 0.2) is 12.3 Å². The molecule has 0 aromatic carbocycles. The van der Waals surface area contributed by atoms with E-state index in [9.17, 15) is 9.59 Å². The van der Waals surface area contributed by atoms with E-state index >= 15 is 0 Å². The Hall–Kier alpha value is -1.53. The van der Waals surface area contributed by atoms with Crippen molar-refractivity contribution in [3.8, 4) is 0 Å². The van der Waals surface area contributed by atoms with Crippen LogP contribution in [0.1, 0.15) is 10.5 Å². The Bertz CT molecular complexity index is 376. The van der Waals surface area contributed by atoms with Gasteiger partial charge in [0.05, 0.1) is 11.6 Å². The van der Waals surface area contributed by atoms with Crippen molar-refractivity contribution in [2.45, 2.75) is 6.10 Å². The summed E-state index contributed by atoms with van der Waals surface area (Å²) in [5.41, 5.74) is 0.206. The molecule has 0 radical (unpaired) electrons. The van der Waals surface area contributed by atoms with Gasteiger partial charge in [-0.2, -0.15) is 0 Å². The molecule has 0 aliphatic heterocycles. The Morgan fingerprint density at radius 2 is 2.27 bits per heavy atom. The number of hydrogen-bond acceptors (Lipinski definition) is 3. The van der Waals surface area contributed by atoms with E-state index in [2.05, 4.69) is 10.3 Å². The second-order valence-electron chi connectivity index (χ2n) is 2.80. The first kappa shape index (κ1) is 11.5. The zero-order valence-corrected chi connectivity index (χ0v) is 8.28. The Labute approximate surface area is 89.9 Å². The molecule has 0 aliphatic rings. The number of nitrogens with one attached hydrogen (secondary N) is 2. The van der Waals surface area contributed by atoms with Crippen LogP contribution in [-0.4, -0.2) is 39.7 Å². The van der Waals surface area contributed by atoms with Gasteiger partial charge in [-0.15, -0.1) is 0 Å². The van der Waals surface area contributed by atoms with Gasteiger partial charge in [0, 0.05) is 6.20 Å². The number of hydrogen-bond donors (Lipinski definition) is 4. The molecule has 15 heavy (non-hydrogen) atoms. The number of rotatable bonds is 4. The maximum atomic E-state index is 11.3. The van der Waals surface area contributed by atoms with Crippen molar-refractivity contribution in [2.24, 2.45) is 0 Å². The Kier molecular flexibility index (Phi) is 3.70. The Balaban J connectivity index is 2.47. The molecule has 1 heterocycles. The van der Waals surface area contributed by atoms with Crippen LogP contribution in [0.4, 0.5) is 0 Å². The van der Waals surface area contributed by atoms with Gasteiger partial charge in [-0.25, -0.2) is 4.79 Å². The molecular formula is C8H9ClN2O4. The van der Waals surface area contributed by atoms with E-state index in [1.54, 1.807) is 0 Å². The lowest BCUT2D eigenvalue weighted by molar-refractivity contribution is -0.146. The number of aliphatic hydroxyl groups excluding tert-OH is 1. The predicted molar refractivity (Wildman–Crippen MR) is 51.8 cm³/mol. The van der Waals surface area contributed by atoms with Crippen molar-refractivity contribution < 1.29 is 19.8 Å². The summed E-state index contributed by atoms with van der Waals surface area (Å²) in [5.74, 6) is -1.91. The predicted octanol–water partition coefficient (Wildman–Crippen LogP) is -0.157. The summed E-state index contributed by atoms with van der Waals surface area (Å²) in [6.45, 7) is -0.356. The number of amides is 1. The third-order valence-electron chi connectivity index (χ3n) is 1.63. The van der Waals surface area contributed by atoms with E-state index in [0.29, 0.717) is 5.02 Å². The lowest BCUT2D eigenvalue weighted by Gasteiger charge is -2.06. The lowest BCUT2D eigenvalue weighted by Crippen LogP contribution is -2.36. The van der Waals surface area contributed by atoms with Crippen molar-refractivity contribution in [3.63, 3.8) is 0 Å². The number of carboxylic acids is 1. The van der Waals surface area contributed by atoms with Gasteiger partial charge in [-0.3, -0.25) is 4.79 Å². The fourth-order valence-corrected chi connectivity index (χ4v) is 1.03.